The van der Waals surface area contributed by atoms with Crippen LogP contribution in [0.2, 0.25) is 5.02 Å². The number of hydrogen-bond acceptors (Lipinski definition) is 1. The standard InChI is InChI=1S/C27H46BrClO/c1-10-11-12-13-14-15-16-24(27(18(2)3,19(4)5)20(6)7)30-26-21(8)17-23(28)22(9)25(26)29/h17-20,24H,10-16H2,1-9H3. The maximum Gasteiger partial charge on any atom is 0.141 e. The Morgan fingerprint density at radius 2 is 1.40 bits per heavy atom. The Morgan fingerprint density at radius 1 is 0.900 bits per heavy atom. The van der Waals surface area contributed by atoms with Crippen molar-refractivity contribution in [3.63, 3.8) is 0 Å². The van der Waals surface area contributed by atoms with Crippen molar-refractivity contribution in [2.45, 2.75) is 113 Å². The van der Waals surface area contributed by atoms with Crippen molar-refractivity contribution in [1.82, 2.24) is 0 Å². The second-order valence-corrected chi connectivity index (χ2v) is 11.3. The average molecular weight is 502 g/mol. The van der Waals surface area contributed by atoms with E-state index in [0.29, 0.717) is 17.8 Å². The first-order chi connectivity index (χ1) is 14.0. The lowest BCUT2D eigenvalue weighted by atomic mass is 9.58. The van der Waals surface area contributed by atoms with Gasteiger partial charge in [-0.3, -0.25) is 0 Å². The molecule has 0 saturated carbocycles. The van der Waals surface area contributed by atoms with E-state index < -0.39 is 0 Å². The highest BCUT2D eigenvalue weighted by Crippen LogP contribution is 2.50. The van der Waals surface area contributed by atoms with Gasteiger partial charge < -0.3 is 4.74 Å². The van der Waals surface area contributed by atoms with Gasteiger partial charge in [0.15, 0.2) is 0 Å². The highest BCUT2D eigenvalue weighted by Gasteiger charge is 2.48. The molecule has 0 aliphatic rings. The van der Waals surface area contributed by atoms with Crippen LogP contribution in [0.1, 0.15) is 105 Å². The topological polar surface area (TPSA) is 9.23 Å². The summed E-state index contributed by atoms with van der Waals surface area (Å²) in [6.45, 7) is 20.7. The zero-order valence-corrected chi connectivity index (χ0v) is 23.3. The summed E-state index contributed by atoms with van der Waals surface area (Å²) in [4.78, 5) is 0. The second kappa shape index (κ2) is 12.7. The van der Waals surface area contributed by atoms with Gasteiger partial charge in [-0.25, -0.2) is 0 Å². The van der Waals surface area contributed by atoms with Gasteiger partial charge in [0.1, 0.15) is 11.9 Å². The Kier molecular flexibility index (Phi) is 11.8. The predicted molar refractivity (Wildman–Crippen MR) is 138 cm³/mol. The van der Waals surface area contributed by atoms with E-state index in [4.69, 9.17) is 16.3 Å². The molecule has 0 heterocycles. The van der Waals surface area contributed by atoms with Crippen LogP contribution in [0.25, 0.3) is 0 Å². The summed E-state index contributed by atoms with van der Waals surface area (Å²) in [6, 6.07) is 2.14. The lowest BCUT2D eigenvalue weighted by Crippen LogP contribution is -2.51. The van der Waals surface area contributed by atoms with Crippen LogP contribution < -0.4 is 4.74 Å². The summed E-state index contributed by atoms with van der Waals surface area (Å²) < 4.78 is 7.99. The summed E-state index contributed by atoms with van der Waals surface area (Å²) in [5.41, 5.74) is 2.26. The molecule has 1 rings (SSSR count). The van der Waals surface area contributed by atoms with E-state index in [2.05, 4.69) is 84.3 Å². The SMILES string of the molecule is CCCCCCCCC(Oc1c(C)cc(Br)c(C)c1Cl)C(C(C)C)(C(C)C)C(C)C. The van der Waals surface area contributed by atoms with Crippen LogP contribution in [0, 0.1) is 37.0 Å². The third-order valence-electron chi connectivity index (χ3n) is 7.23. The molecule has 0 N–H and O–H groups in total. The largest absolute Gasteiger partial charge is 0.488 e. The molecule has 1 aromatic rings. The number of ether oxygens (including phenoxy) is 1. The molecule has 0 aromatic heterocycles. The maximum absolute atomic E-state index is 6.94. The van der Waals surface area contributed by atoms with Crippen LogP contribution in [-0.4, -0.2) is 6.10 Å². The van der Waals surface area contributed by atoms with Gasteiger partial charge in [-0.1, -0.05) is 108 Å². The minimum absolute atomic E-state index is 0.0974. The Bertz CT molecular complexity index is 629. The number of rotatable bonds is 13. The number of hydrogen-bond donors (Lipinski definition) is 0. The van der Waals surface area contributed by atoms with Gasteiger partial charge in [-0.05, 0) is 61.6 Å². The summed E-state index contributed by atoms with van der Waals surface area (Å²) in [5, 5.41) is 0.750. The number of benzene rings is 1. The van der Waals surface area contributed by atoms with Crippen molar-refractivity contribution in [2.75, 3.05) is 0 Å². The zero-order chi connectivity index (χ0) is 23.1. The third kappa shape index (κ3) is 6.41. The molecule has 0 fully saturated rings. The molecule has 0 radical (unpaired) electrons. The first kappa shape index (κ1) is 27.8. The lowest BCUT2D eigenvalue weighted by molar-refractivity contribution is -0.0716. The van der Waals surface area contributed by atoms with Crippen LogP contribution >= 0.6 is 27.5 Å². The van der Waals surface area contributed by atoms with Crippen molar-refractivity contribution in [2.24, 2.45) is 23.2 Å². The summed E-state index contributed by atoms with van der Waals surface area (Å²) in [7, 11) is 0. The molecule has 174 valence electrons. The minimum Gasteiger partial charge on any atom is -0.488 e. The zero-order valence-electron chi connectivity index (χ0n) is 21.0. The van der Waals surface area contributed by atoms with Crippen LogP contribution in [0.3, 0.4) is 0 Å². The molecule has 0 spiro atoms. The van der Waals surface area contributed by atoms with Crippen LogP contribution in [0.4, 0.5) is 0 Å². The van der Waals surface area contributed by atoms with Gasteiger partial charge >= 0.3 is 0 Å². The van der Waals surface area contributed by atoms with Crippen molar-refractivity contribution in [3.05, 3.63) is 26.7 Å². The van der Waals surface area contributed by atoms with Crippen LogP contribution in [0.5, 0.6) is 5.75 Å². The molecule has 0 aliphatic heterocycles. The third-order valence-corrected chi connectivity index (χ3v) is 8.50. The molecular formula is C27H46BrClO. The molecule has 3 heteroatoms. The fraction of sp³-hybridized carbons (Fsp3) is 0.778. The molecule has 0 saturated heterocycles. The Hall–Kier alpha value is -0.210. The number of halogens is 2. The van der Waals surface area contributed by atoms with Crippen LogP contribution in [-0.2, 0) is 0 Å². The highest BCUT2D eigenvalue weighted by molar-refractivity contribution is 9.10. The monoisotopic (exact) mass is 500 g/mol. The molecule has 1 aromatic carbocycles. The van der Waals surface area contributed by atoms with Gasteiger partial charge in [0.2, 0.25) is 0 Å². The lowest BCUT2D eigenvalue weighted by Gasteiger charge is -2.50. The summed E-state index contributed by atoms with van der Waals surface area (Å²) >= 11 is 10.4. The van der Waals surface area contributed by atoms with E-state index in [0.717, 1.165) is 32.8 Å². The first-order valence-electron chi connectivity index (χ1n) is 12.1. The Balaban J connectivity index is 3.29. The second-order valence-electron chi connectivity index (χ2n) is 10.1. The molecule has 0 amide bonds. The number of unbranched alkanes of at least 4 members (excludes halogenated alkanes) is 5. The Morgan fingerprint density at radius 3 is 1.90 bits per heavy atom. The van der Waals surface area contributed by atoms with E-state index in [1.165, 1.54) is 38.5 Å². The average Bonchev–Trinajstić information content (AvgIpc) is 2.65. The van der Waals surface area contributed by atoms with Gasteiger partial charge in [0, 0.05) is 9.89 Å². The Labute approximate surface area is 200 Å². The quantitative estimate of drug-likeness (QED) is 0.244. The van der Waals surface area contributed by atoms with E-state index >= 15 is 0 Å². The van der Waals surface area contributed by atoms with Crippen molar-refractivity contribution in [3.8, 4) is 5.75 Å². The van der Waals surface area contributed by atoms with E-state index in [1.807, 2.05) is 0 Å². The van der Waals surface area contributed by atoms with Gasteiger partial charge in [0.25, 0.3) is 0 Å². The normalized spacial score (nSPS) is 13.5. The molecule has 0 aliphatic carbocycles. The smallest absolute Gasteiger partial charge is 0.141 e. The fourth-order valence-electron chi connectivity index (χ4n) is 5.74. The molecule has 0 bridgehead atoms. The van der Waals surface area contributed by atoms with E-state index in [9.17, 15) is 0 Å². The minimum atomic E-state index is 0.0974. The van der Waals surface area contributed by atoms with Crippen molar-refractivity contribution < 1.29 is 4.74 Å². The molecule has 1 nitrogen and oxygen atoms in total. The molecule has 1 atom stereocenters. The van der Waals surface area contributed by atoms with Gasteiger partial charge in [-0.15, -0.1) is 0 Å². The predicted octanol–water partition coefficient (Wildman–Crippen LogP) is 10.2. The van der Waals surface area contributed by atoms with Gasteiger partial charge in [0.05, 0.1) is 5.02 Å². The van der Waals surface area contributed by atoms with Crippen molar-refractivity contribution in [1.29, 1.82) is 0 Å². The highest BCUT2D eigenvalue weighted by atomic mass is 79.9. The van der Waals surface area contributed by atoms with Crippen LogP contribution in [0.15, 0.2) is 10.5 Å². The number of aryl methyl sites for hydroxylation is 1. The fourth-order valence-corrected chi connectivity index (χ4v) is 6.69. The summed E-state index contributed by atoms with van der Waals surface area (Å²) in [6.07, 6.45) is 9.07. The molecule has 1 unspecified atom stereocenters. The first-order valence-corrected chi connectivity index (χ1v) is 13.3. The summed E-state index contributed by atoms with van der Waals surface area (Å²) in [5.74, 6) is 2.45. The van der Waals surface area contributed by atoms with E-state index in [1.54, 1.807) is 0 Å². The molecular weight excluding hydrogens is 456 g/mol. The van der Waals surface area contributed by atoms with Crippen molar-refractivity contribution >= 4 is 27.5 Å². The van der Waals surface area contributed by atoms with Gasteiger partial charge in [-0.2, -0.15) is 0 Å². The van der Waals surface area contributed by atoms with E-state index in [-0.39, 0.29) is 11.5 Å². The molecule has 30 heavy (non-hydrogen) atoms. The maximum atomic E-state index is 6.94.